The molecule has 0 aliphatic heterocycles. The Kier molecular flexibility index (Phi) is 6.91. The number of rotatable bonds is 9. The number of imidazole rings is 1. The molecule has 2 aromatic heterocycles. The van der Waals surface area contributed by atoms with E-state index in [-0.39, 0.29) is 0 Å². The van der Waals surface area contributed by atoms with Gasteiger partial charge < -0.3 is 24.8 Å². The lowest BCUT2D eigenvalue weighted by molar-refractivity contribution is 0.324. The van der Waals surface area contributed by atoms with Gasteiger partial charge in [0.15, 0.2) is 11.5 Å². The number of ether oxygens (including phenoxy) is 3. The van der Waals surface area contributed by atoms with E-state index in [0.717, 1.165) is 16.6 Å². The summed E-state index contributed by atoms with van der Waals surface area (Å²) < 4.78 is 18.2. The van der Waals surface area contributed by atoms with Crippen molar-refractivity contribution in [2.75, 3.05) is 32.0 Å². The number of hydrogen-bond acceptors (Lipinski definition) is 9. The van der Waals surface area contributed by atoms with Crippen LogP contribution in [0.2, 0.25) is 5.02 Å². The van der Waals surface area contributed by atoms with Crippen molar-refractivity contribution < 1.29 is 14.2 Å². The van der Waals surface area contributed by atoms with Crippen LogP contribution in [-0.2, 0) is 6.54 Å². The lowest BCUT2D eigenvalue weighted by Crippen LogP contribution is -2.10. The number of anilines is 3. The second-order valence-corrected chi connectivity index (χ2v) is 8.32. The Morgan fingerprint density at radius 2 is 1.59 bits per heavy atom. The standard InChI is InChI=1S/C26H24ClN7O3/c1-35-21-12-18(13-22(36-2)23(21)37-3)31-24-29-15-30-26(33-24)34-20-7-5-4-6-19(20)32-25(34)28-14-16-8-10-17(27)11-9-16/h4-13,15H,14H2,1-3H3,(H,28,32)(H,29,30,31,33). The third-order valence-electron chi connectivity index (χ3n) is 5.60. The number of nitrogens with one attached hydrogen (secondary N) is 2. The minimum atomic E-state index is 0.334. The normalized spacial score (nSPS) is 10.8. The van der Waals surface area contributed by atoms with Crippen molar-refractivity contribution in [3.8, 4) is 23.2 Å². The molecular weight excluding hydrogens is 494 g/mol. The van der Waals surface area contributed by atoms with Crippen molar-refractivity contribution in [1.29, 1.82) is 0 Å². The summed E-state index contributed by atoms with van der Waals surface area (Å²) in [4.78, 5) is 18.1. The first-order chi connectivity index (χ1) is 18.1. The van der Waals surface area contributed by atoms with Crippen LogP contribution in [0.3, 0.4) is 0 Å². The summed E-state index contributed by atoms with van der Waals surface area (Å²) in [5.41, 5.74) is 3.37. The number of aromatic nitrogens is 5. The first-order valence-corrected chi connectivity index (χ1v) is 11.7. The van der Waals surface area contributed by atoms with E-state index in [9.17, 15) is 0 Å². The van der Waals surface area contributed by atoms with E-state index in [1.54, 1.807) is 33.5 Å². The Bertz CT molecular complexity index is 1510. The molecule has 0 spiro atoms. The second kappa shape index (κ2) is 10.6. The SMILES string of the molecule is COc1cc(Nc2ncnc(-n3c(NCc4ccc(Cl)cc4)nc4ccccc43)n2)cc(OC)c1OC. The van der Waals surface area contributed by atoms with Gasteiger partial charge in [-0.05, 0) is 29.8 Å². The summed E-state index contributed by atoms with van der Waals surface area (Å²) in [5.74, 6) is 2.84. The average Bonchev–Trinajstić information content (AvgIpc) is 3.30. The van der Waals surface area contributed by atoms with Crippen LogP contribution in [0, 0.1) is 0 Å². The Morgan fingerprint density at radius 3 is 2.30 bits per heavy atom. The lowest BCUT2D eigenvalue weighted by atomic mass is 10.2. The molecule has 0 atom stereocenters. The molecular formula is C26H24ClN7O3. The minimum absolute atomic E-state index is 0.334. The van der Waals surface area contributed by atoms with Crippen LogP contribution in [0.15, 0.2) is 67.0 Å². The Balaban J connectivity index is 1.49. The zero-order valence-corrected chi connectivity index (χ0v) is 21.2. The quantitative estimate of drug-likeness (QED) is 0.271. The highest BCUT2D eigenvalue weighted by atomic mass is 35.5. The van der Waals surface area contributed by atoms with Gasteiger partial charge in [0.2, 0.25) is 23.6 Å². The molecule has 0 unspecified atom stereocenters. The summed E-state index contributed by atoms with van der Waals surface area (Å²) in [5, 5.41) is 7.27. The summed E-state index contributed by atoms with van der Waals surface area (Å²) in [6, 6.07) is 19.0. The van der Waals surface area contributed by atoms with Gasteiger partial charge in [-0.25, -0.2) is 19.5 Å². The van der Waals surface area contributed by atoms with Gasteiger partial charge >= 0.3 is 0 Å². The predicted octanol–water partition coefficient (Wildman–Crippen LogP) is 5.25. The molecule has 37 heavy (non-hydrogen) atoms. The molecule has 11 heteroatoms. The fraction of sp³-hybridized carbons (Fsp3) is 0.154. The van der Waals surface area contributed by atoms with Gasteiger partial charge in [-0.2, -0.15) is 4.98 Å². The van der Waals surface area contributed by atoms with Crippen LogP contribution in [0.1, 0.15) is 5.56 Å². The van der Waals surface area contributed by atoms with Gasteiger partial charge in [0, 0.05) is 29.4 Å². The molecule has 188 valence electrons. The first kappa shape index (κ1) is 24.1. The zero-order valence-electron chi connectivity index (χ0n) is 20.4. The van der Waals surface area contributed by atoms with Gasteiger partial charge in [0.1, 0.15) is 6.33 Å². The zero-order chi connectivity index (χ0) is 25.8. The predicted molar refractivity (Wildman–Crippen MR) is 143 cm³/mol. The van der Waals surface area contributed by atoms with Crippen LogP contribution >= 0.6 is 11.6 Å². The number of para-hydroxylation sites is 2. The molecule has 2 N–H and O–H groups in total. The van der Waals surface area contributed by atoms with Crippen LogP contribution in [0.25, 0.3) is 17.0 Å². The number of methoxy groups -OCH3 is 3. The van der Waals surface area contributed by atoms with Crippen molar-refractivity contribution in [2.45, 2.75) is 6.54 Å². The van der Waals surface area contributed by atoms with E-state index >= 15 is 0 Å². The van der Waals surface area contributed by atoms with Crippen LogP contribution < -0.4 is 24.8 Å². The van der Waals surface area contributed by atoms with Crippen LogP contribution in [0.5, 0.6) is 17.2 Å². The molecule has 0 aliphatic rings. The van der Waals surface area contributed by atoms with Crippen molar-refractivity contribution in [3.05, 3.63) is 77.6 Å². The number of nitrogens with zero attached hydrogens (tertiary/aromatic N) is 5. The fourth-order valence-electron chi connectivity index (χ4n) is 3.87. The average molecular weight is 518 g/mol. The Morgan fingerprint density at radius 1 is 0.865 bits per heavy atom. The van der Waals surface area contributed by atoms with Gasteiger partial charge in [-0.15, -0.1) is 0 Å². The minimum Gasteiger partial charge on any atom is -0.493 e. The maximum Gasteiger partial charge on any atom is 0.241 e. The Labute approximate surface area is 218 Å². The molecule has 0 bridgehead atoms. The number of hydrogen-bond donors (Lipinski definition) is 2. The Hall–Kier alpha value is -4.57. The van der Waals surface area contributed by atoms with Gasteiger partial charge in [-0.3, -0.25) is 0 Å². The highest BCUT2D eigenvalue weighted by molar-refractivity contribution is 6.30. The number of fused-ring (bicyclic) bond motifs is 1. The molecule has 0 fully saturated rings. The summed E-state index contributed by atoms with van der Waals surface area (Å²) in [6.07, 6.45) is 1.44. The molecule has 0 saturated heterocycles. The molecule has 5 rings (SSSR count). The van der Waals surface area contributed by atoms with E-state index in [2.05, 4.69) is 25.6 Å². The van der Waals surface area contributed by atoms with E-state index < -0.39 is 0 Å². The van der Waals surface area contributed by atoms with Gasteiger partial charge in [-0.1, -0.05) is 35.9 Å². The molecule has 0 saturated carbocycles. The second-order valence-electron chi connectivity index (χ2n) is 7.89. The molecule has 0 radical (unpaired) electrons. The number of halogens is 1. The monoisotopic (exact) mass is 517 g/mol. The van der Waals surface area contributed by atoms with Crippen molar-refractivity contribution in [3.63, 3.8) is 0 Å². The fourth-order valence-corrected chi connectivity index (χ4v) is 3.99. The summed E-state index contributed by atoms with van der Waals surface area (Å²) in [6.45, 7) is 0.544. The third kappa shape index (κ3) is 5.05. The number of benzene rings is 3. The topological polar surface area (TPSA) is 108 Å². The highest BCUT2D eigenvalue weighted by Gasteiger charge is 2.17. The largest absolute Gasteiger partial charge is 0.493 e. The smallest absolute Gasteiger partial charge is 0.241 e. The van der Waals surface area contributed by atoms with Crippen molar-refractivity contribution in [1.82, 2.24) is 24.5 Å². The molecule has 0 amide bonds. The van der Waals surface area contributed by atoms with Crippen molar-refractivity contribution >= 4 is 40.2 Å². The van der Waals surface area contributed by atoms with E-state index in [0.29, 0.717) is 52.3 Å². The maximum absolute atomic E-state index is 6.02. The summed E-state index contributed by atoms with van der Waals surface area (Å²) >= 11 is 6.02. The van der Waals surface area contributed by atoms with Crippen molar-refractivity contribution in [2.24, 2.45) is 0 Å². The first-order valence-electron chi connectivity index (χ1n) is 11.3. The van der Waals surface area contributed by atoms with E-state index in [1.807, 2.05) is 53.1 Å². The van der Waals surface area contributed by atoms with Crippen LogP contribution in [0.4, 0.5) is 17.6 Å². The lowest BCUT2D eigenvalue weighted by Gasteiger charge is -2.15. The van der Waals surface area contributed by atoms with Gasteiger partial charge in [0.25, 0.3) is 0 Å². The molecule has 0 aliphatic carbocycles. The maximum atomic E-state index is 6.02. The van der Waals surface area contributed by atoms with Gasteiger partial charge in [0.05, 0.1) is 32.4 Å². The highest BCUT2D eigenvalue weighted by Crippen LogP contribution is 2.40. The molecule has 5 aromatic rings. The third-order valence-corrected chi connectivity index (χ3v) is 5.86. The molecule has 3 aromatic carbocycles. The van der Waals surface area contributed by atoms with E-state index in [1.165, 1.54) is 6.33 Å². The van der Waals surface area contributed by atoms with E-state index in [4.69, 9.17) is 30.8 Å². The summed E-state index contributed by atoms with van der Waals surface area (Å²) in [7, 11) is 4.68. The molecule has 10 nitrogen and oxygen atoms in total. The molecule has 2 heterocycles. The van der Waals surface area contributed by atoms with Crippen LogP contribution in [-0.4, -0.2) is 45.8 Å².